The molecule has 122 valence electrons. The second kappa shape index (κ2) is 8.07. The lowest BCUT2D eigenvalue weighted by Gasteiger charge is -2.17. The first-order chi connectivity index (χ1) is 11.1. The molecule has 0 radical (unpaired) electrons. The maximum Gasteiger partial charge on any atom is 0.321 e. The van der Waals surface area contributed by atoms with E-state index in [0.717, 1.165) is 19.0 Å². The monoisotopic (exact) mass is 318 g/mol. The molecule has 0 spiro atoms. The highest BCUT2D eigenvalue weighted by Gasteiger charge is 2.08. The van der Waals surface area contributed by atoms with Crippen LogP contribution in [0.1, 0.15) is 19.8 Å². The summed E-state index contributed by atoms with van der Waals surface area (Å²) in [4.78, 5) is 20.8. The Hall–Kier alpha value is -2.70. The minimum atomic E-state index is -0.707. The molecule has 0 fully saturated rings. The summed E-state index contributed by atoms with van der Waals surface area (Å²) in [5.41, 5.74) is 0.649. The fourth-order valence-corrected chi connectivity index (χ4v) is 1.82. The third-order valence-corrected chi connectivity index (χ3v) is 3.10. The van der Waals surface area contributed by atoms with E-state index in [0.29, 0.717) is 18.0 Å². The number of hydrogen-bond donors (Lipinski definition) is 1. The molecule has 2 aromatic rings. The van der Waals surface area contributed by atoms with Crippen LogP contribution in [0.5, 0.6) is 11.6 Å². The van der Waals surface area contributed by atoms with Gasteiger partial charge in [-0.1, -0.05) is 13.3 Å². The topological polar surface area (TPSA) is 67.4 Å². The van der Waals surface area contributed by atoms with Crippen molar-refractivity contribution in [2.45, 2.75) is 19.8 Å². The summed E-state index contributed by atoms with van der Waals surface area (Å²) >= 11 is 0. The Labute approximate surface area is 134 Å². The van der Waals surface area contributed by atoms with Crippen LogP contribution < -0.4 is 10.1 Å². The number of carbonyl (C=O) groups excluding carboxylic acids is 1. The molecular weight excluding hydrogens is 299 g/mol. The lowest BCUT2D eigenvalue weighted by molar-refractivity contribution is 0.222. The Morgan fingerprint density at radius 3 is 2.70 bits per heavy atom. The number of urea groups is 1. The summed E-state index contributed by atoms with van der Waals surface area (Å²) in [6.07, 6.45) is 4.32. The number of halogens is 1. The van der Waals surface area contributed by atoms with Crippen molar-refractivity contribution in [3.8, 4) is 11.6 Å². The quantitative estimate of drug-likeness (QED) is 0.882. The Morgan fingerprint density at radius 1 is 1.30 bits per heavy atom. The lowest BCUT2D eigenvalue weighted by atomic mass is 10.3. The summed E-state index contributed by atoms with van der Waals surface area (Å²) in [5.74, 6) is -0.162. The van der Waals surface area contributed by atoms with E-state index >= 15 is 0 Å². The van der Waals surface area contributed by atoms with Gasteiger partial charge < -0.3 is 15.0 Å². The summed E-state index contributed by atoms with van der Waals surface area (Å²) < 4.78 is 18.3. The minimum Gasteiger partial charge on any atom is -0.437 e. The van der Waals surface area contributed by atoms with Crippen molar-refractivity contribution in [1.82, 2.24) is 14.9 Å². The maximum atomic E-state index is 12.9. The number of amides is 2. The van der Waals surface area contributed by atoms with Crippen LogP contribution in [0.25, 0.3) is 0 Å². The van der Waals surface area contributed by atoms with Crippen LogP contribution in [-0.2, 0) is 0 Å². The molecule has 23 heavy (non-hydrogen) atoms. The first kappa shape index (κ1) is 16.7. The van der Waals surface area contributed by atoms with Gasteiger partial charge in [0.2, 0.25) is 11.8 Å². The average molecular weight is 318 g/mol. The van der Waals surface area contributed by atoms with E-state index in [2.05, 4.69) is 22.2 Å². The van der Waals surface area contributed by atoms with Crippen molar-refractivity contribution in [2.24, 2.45) is 0 Å². The molecule has 0 aliphatic heterocycles. The molecule has 0 aliphatic rings. The Morgan fingerprint density at radius 2 is 2.04 bits per heavy atom. The van der Waals surface area contributed by atoms with Gasteiger partial charge in [-0.05, 0) is 30.7 Å². The van der Waals surface area contributed by atoms with Gasteiger partial charge in [0.25, 0.3) is 0 Å². The highest BCUT2D eigenvalue weighted by molar-refractivity contribution is 5.89. The van der Waals surface area contributed by atoms with Gasteiger partial charge in [-0.15, -0.1) is 0 Å². The standard InChI is InChI=1S/C16H19FN4O2/c1-3-4-9-21(2)16(22)19-12-5-7-13(8-6-12)23-15-11-18-10-14(17)20-15/h5-8,10-11H,3-4,9H2,1-2H3,(H,19,22). The van der Waals surface area contributed by atoms with Gasteiger partial charge in [-0.3, -0.25) is 4.98 Å². The third-order valence-electron chi connectivity index (χ3n) is 3.10. The average Bonchev–Trinajstić information content (AvgIpc) is 2.54. The molecule has 0 saturated heterocycles. The van der Waals surface area contributed by atoms with Gasteiger partial charge in [0, 0.05) is 19.3 Å². The van der Waals surface area contributed by atoms with E-state index in [1.165, 1.54) is 6.20 Å². The van der Waals surface area contributed by atoms with Crippen molar-refractivity contribution in [2.75, 3.05) is 18.9 Å². The molecule has 1 aromatic carbocycles. The van der Waals surface area contributed by atoms with Gasteiger partial charge >= 0.3 is 6.03 Å². The van der Waals surface area contributed by atoms with Crippen LogP contribution in [0.2, 0.25) is 0 Å². The van der Waals surface area contributed by atoms with Crippen LogP contribution in [0, 0.1) is 5.95 Å². The zero-order valence-electron chi connectivity index (χ0n) is 13.1. The van der Waals surface area contributed by atoms with E-state index in [9.17, 15) is 9.18 Å². The number of nitrogens with zero attached hydrogens (tertiary/aromatic N) is 3. The highest BCUT2D eigenvalue weighted by atomic mass is 19.1. The molecule has 0 aliphatic carbocycles. The van der Waals surface area contributed by atoms with E-state index in [1.54, 1.807) is 36.2 Å². The van der Waals surface area contributed by atoms with Crippen molar-refractivity contribution in [3.05, 3.63) is 42.6 Å². The SMILES string of the molecule is CCCCN(C)C(=O)Nc1ccc(Oc2cncc(F)n2)cc1. The minimum absolute atomic E-state index is 0.0704. The largest absolute Gasteiger partial charge is 0.437 e. The first-order valence-electron chi connectivity index (χ1n) is 7.36. The normalized spacial score (nSPS) is 10.2. The number of benzene rings is 1. The Bertz CT molecular complexity index is 649. The predicted molar refractivity (Wildman–Crippen MR) is 85.1 cm³/mol. The molecule has 2 amide bonds. The summed E-state index contributed by atoms with van der Waals surface area (Å²) in [6.45, 7) is 2.79. The molecule has 1 heterocycles. The third kappa shape index (κ3) is 5.21. The molecule has 6 nitrogen and oxygen atoms in total. The van der Waals surface area contributed by atoms with Crippen molar-refractivity contribution in [3.63, 3.8) is 0 Å². The molecule has 1 N–H and O–H groups in total. The van der Waals surface area contributed by atoms with Gasteiger partial charge in [0.05, 0.1) is 12.4 Å². The van der Waals surface area contributed by atoms with Crippen LogP contribution in [0.3, 0.4) is 0 Å². The predicted octanol–water partition coefficient (Wildman–Crippen LogP) is 3.67. The number of anilines is 1. The van der Waals surface area contributed by atoms with Crippen molar-refractivity contribution < 1.29 is 13.9 Å². The van der Waals surface area contributed by atoms with Crippen LogP contribution in [0.15, 0.2) is 36.7 Å². The number of unbranched alkanes of at least 4 members (excludes halogenated alkanes) is 1. The van der Waals surface area contributed by atoms with Gasteiger partial charge in [-0.25, -0.2) is 4.79 Å². The second-order valence-corrected chi connectivity index (χ2v) is 5.01. The molecule has 2 rings (SSSR count). The molecule has 7 heteroatoms. The Kier molecular flexibility index (Phi) is 5.85. The lowest BCUT2D eigenvalue weighted by Crippen LogP contribution is -2.32. The van der Waals surface area contributed by atoms with Crippen molar-refractivity contribution >= 4 is 11.7 Å². The zero-order valence-corrected chi connectivity index (χ0v) is 13.1. The van der Waals surface area contributed by atoms with E-state index < -0.39 is 5.95 Å². The summed E-state index contributed by atoms with van der Waals surface area (Å²) in [5, 5.41) is 2.79. The number of carbonyl (C=O) groups is 1. The maximum absolute atomic E-state index is 12.9. The van der Waals surface area contributed by atoms with E-state index in [1.807, 2.05) is 0 Å². The van der Waals surface area contributed by atoms with E-state index in [4.69, 9.17) is 4.74 Å². The number of hydrogen-bond acceptors (Lipinski definition) is 4. The second-order valence-electron chi connectivity index (χ2n) is 5.01. The van der Waals surface area contributed by atoms with Crippen LogP contribution >= 0.6 is 0 Å². The molecule has 0 bridgehead atoms. The number of rotatable bonds is 6. The van der Waals surface area contributed by atoms with Crippen LogP contribution in [-0.4, -0.2) is 34.5 Å². The Balaban J connectivity index is 1.93. The zero-order chi connectivity index (χ0) is 16.7. The molecule has 1 aromatic heterocycles. The van der Waals surface area contributed by atoms with Gasteiger partial charge in [0.1, 0.15) is 5.75 Å². The van der Waals surface area contributed by atoms with Crippen molar-refractivity contribution in [1.29, 1.82) is 0 Å². The highest BCUT2D eigenvalue weighted by Crippen LogP contribution is 2.21. The number of nitrogens with one attached hydrogen (secondary N) is 1. The molecule has 0 unspecified atom stereocenters. The summed E-state index contributed by atoms with van der Waals surface area (Å²) in [6, 6.07) is 6.56. The summed E-state index contributed by atoms with van der Waals surface area (Å²) in [7, 11) is 1.76. The molecule has 0 saturated carbocycles. The number of aromatic nitrogens is 2. The number of ether oxygens (including phenoxy) is 1. The fourth-order valence-electron chi connectivity index (χ4n) is 1.82. The van der Waals surface area contributed by atoms with Gasteiger partial charge in [0.15, 0.2) is 0 Å². The molecule has 0 atom stereocenters. The first-order valence-corrected chi connectivity index (χ1v) is 7.36. The van der Waals surface area contributed by atoms with E-state index in [-0.39, 0.29) is 11.9 Å². The van der Waals surface area contributed by atoms with Gasteiger partial charge in [-0.2, -0.15) is 9.37 Å². The smallest absolute Gasteiger partial charge is 0.321 e. The van der Waals surface area contributed by atoms with Crippen LogP contribution in [0.4, 0.5) is 14.9 Å². The fraction of sp³-hybridized carbons (Fsp3) is 0.312. The molecular formula is C16H19FN4O2.